The van der Waals surface area contributed by atoms with Gasteiger partial charge in [0.1, 0.15) is 11.5 Å². The molecule has 0 aliphatic rings. The highest BCUT2D eigenvalue weighted by Crippen LogP contribution is 2.26. The van der Waals surface area contributed by atoms with E-state index in [9.17, 15) is 4.79 Å². The molecule has 0 aliphatic heterocycles. The van der Waals surface area contributed by atoms with E-state index in [-0.39, 0.29) is 11.3 Å². The van der Waals surface area contributed by atoms with Crippen molar-refractivity contribution in [1.82, 2.24) is 0 Å². The molecule has 0 spiro atoms. The van der Waals surface area contributed by atoms with Gasteiger partial charge in [0.25, 0.3) is 5.91 Å². The largest absolute Gasteiger partial charge is 0.492 e. The van der Waals surface area contributed by atoms with Crippen LogP contribution in [0, 0.1) is 0 Å². The van der Waals surface area contributed by atoms with Crippen LogP contribution in [0.4, 0.5) is 5.69 Å². The second-order valence-electron chi connectivity index (χ2n) is 6.95. The number of carbonyl (C=O) groups excluding carboxylic acids is 1. The molecular formula is C21H27NO3. The van der Waals surface area contributed by atoms with Crippen LogP contribution in [0.1, 0.15) is 40.2 Å². The van der Waals surface area contributed by atoms with Crippen molar-refractivity contribution in [1.29, 1.82) is 0 Å². The number of rotatable bonds is 6. The Morgan fingerprint density at radius 1 is 1.08 bits per heavy atom. The van der Waals surface area contributed by atoms with Crippen molar-refractivity contribution in [3.05, 3.63) is 54.1 Å². The highest BCUT2D eigenvalue weighted by Gasteiger charge is 2.18. The molecule has 0 fully saturated rings. The Morgan fingerprint density at radius 3 is 2.32 bits per heavy atom. The Labute approximate surface area is 150 Å². The first-order valence-corrected chi connectivity index (χ1v) is 8.61. The summed E-state index contributed by atoms with van der Waals surface area (Å²) in [5.74, 6) is 1.11. The Bertz CT molecular complexity index is 702. The van der Waals surface area contributed by atoms with Crippen LogP contribution in [0.3, 0.4) is 0 Å². The van der Waals surface area contributed by atoms with E-state index < -0.39 is 6.10 Å². The molecule has 0 saturated heterocycles. The lowest BCUT2D eigenvalue weighted by atomic mass is 9.87. The van der Waals surface area contributed by atoms with Crippen molar-refractivity contribution < 1.29 is 14.3 Å². The minimum atomic E-state index is -0.616. The fourth-order valence-electron chi connectivity index (χ4n) is 2.38. The molecule has 1 atom stereocenters. The standard InChI is InChI=1S/C21H27NO3/c1-6-24-19-10-8-7-9-18(19)22-20(23)15(2)25-17-13-11-16(12-14-17)21(3,4)5/h7-15H,6H2,1-5H3,(H,22,23)/t15-/m0/s1. The van der Waals surface area contributed by atoms with Crippen molar-refractivity contribution in [3.8, 4) is 11.5 Å². The van der Waals surface area contributed by atoms with Crippen LogP contribution in [0.5, 0.6) is 11.5 Å². The molecule has 1 amide bonds. The highest BCUT2D eigenvalue weighted by atomic mass is 16.5. The van der Waals surface area contributed by atoms with E-state index in [1.54, 1.807) is 6.92 Å². The highest BCUT2D eigenvalue weighted by molar-refractivity contribution is 5.95. The zero-order valence-corrected chi connectivity index (χ0v) is 15.6. The van der Waals surface area contributed by atoms with Crippen LogP contribution in [0.15, 0.2) is 48.5 Å². The van der Waals surface area contributed by atoms with E-state index in [2.05, 4.69) is 26.1 Å². The summed E-state index contributed by atoms with van der Waals surface area (Å²) in [6.07, 6.45) is -0.616. The van der Waals surface area contributed by atoms with Gasteiger partial charge in [-0.1, -0.05) is 45.0 Å². The third-order valence-corrected chi connectivity index (χ3v) is 3.85. The summed E-state index contributed by atoms with van der Waals surface area (Å²) in [6, 6.07) is 15.2. The average molecular weight is 341 g/mol. The van der Waals surface area contributed by atoms with Crippen LogP contribution >= 0.6 is 0 Å². The third kappa shape index (κ3) is 5.24. The molecule has 0 radical (unpaired) electrons. The summed E-state index contributed by atoms with van der Waals surface area (Å²) in [5.41, 5.74) is 1.96. The first-order chi connectivity index (χ1) is 11.8. The number of anilines is 1. The van der Waals surface area contributed by atoms with Gasteiger partial charge < -0.3 is 14.8 Å². The first kappa shape index (κ1) is 18.8. The van der Waals surface area contributed by atoms with Crippen molar-refractivity contribution in [3.63, 3.8) is 0 Å². The summed E-state index contributed by atoms with van der Waals surface area (Å²) in [4.78, 5) is 12.4. The topological polar surface area (TPSA) is 47.6 Å². The Kier molecular flexibility index (Phi) is 6.07. The van der Waals surface area contributed by atoms with Crippen LogP contribution in [0.2, 0.25) is 0 Å². The van der Waals surface area contributed by atoms with Crippen molar-refractivity contribution in [2.75, 3.05) is 11.9 Å². The zero-order chi connectivity index (χ0) is 18.4. The van der Waals surface area contributed by atoms with Gasteiger partial charge >= 0.3 is 0 Å². The number of carbonyl (C=O) groups is 1. The van der Waals surface area contributed by atoms with Gasteiger partial charge in [-0.05, 0) is 49.1 Å². The van der Waals surface area contributed by atoms with Gasteiger partial charge in [-0.2, -0.15) is 0 Å². The maximum absolute atomic E-state index is 12.4. The number of nitrogens with one attached hydrogen (secondary N) is 1. The van der Waals surface area contributed by atoms with E-state index in [0.717, 1.165) is 0 Å². The smallest absolute Gasteiger partial charge is 0.265 e. The molecule has 2 aromatic carbocycles. The lowest BCUT2D eigenvalue weighted by Gasteiger charge is -2.20. The van der Waals surface area contributed by atoms with E-state index in [1.165, 1.54) is 5.56 Å². The lowest BCUT2D eigenvalue weighted by Crippen LogP contribution is -2.30. The second kappa shape index (κ2) is 8.06. The van der Waals surface area contributed by atoms with Crippen LogP contribution in [0.25, 0.3) is 0 Å². The van der Waals surface area contributed by atoms with E-state index in [4.69, 9.17) is 9.47 Å². The van der Waals surface area contributed by atoms with Gasteiger partial charge in [0, 0.05) is 0 Å². The second-order valence-corrected chi connectivity index (χ2v) is 6.95. The van der Waals surface area contributed by atoms with Gasteiger partial charge in [0.05, 0.1) is 12.3 Å². The quantitative estimate of drug-likeness (QED) is 0.822. The molecule has 0 aromatic heterocycles. The van der Waals surface area contributed by atoms with Crippen molar-refractivity contribution in [2.45, 2.75) is 46.1 Å². The molecule has 4 heteroatoms. The summed E-state index contributed by atoms with van der Waals surface area (Å²) in [5, 5.41) is 2.86. The minimum Gasteiger partial charge on any atom is -0.492 e. The van der Waals surface area contributed by atoms with E-state index >= 15 is 0 Å². The van der Waals surface area contributed by atoms with Gasteiger partial charge in [-0.15, -0.1) is 0 Å². The van der Waals surface area contributed by atoms with E-state index in [0.29, 0.717) is 23.8 Å². The predicted molar refractivity (Wildman–Crippen MR) is 101 cm³/mol. The molecule has 4 nitrogen and oxygen atoms in total. The Hall–Kier alpha value is -2.49. The van der Waals surface area contributed by atoms with E-state index in [1.807, 2.05) is 55.5 Å². The molecule has 134 valence electrons. The molecule has 0 aliphatic carbocycles. The monoisotopic (exact) mass is 341 g/mol. The van der Waals surface area contributed by atoms with Gasteiger partial charge in [0.2, 0.25) is 0 Å². The SMILES string of the molecule is CCOc1ccccc1NC(=O)[C@H](C)Oc1ccc(C(C)(C)C)cc1. The molecule has 2 aromatic rings. The number of amides is 1. The number of ether oxygens (including phenoxy) is 2. The number of benzene rings is 2. The fourth-order valence-corrected chi connectivity index (χ4v) is 2.38. The van der Waals surface area contributed by atoms with Crippen LogP contribution in [-0.4, -0.2) is 18.6 Å². The maximum atomic E-state index is 12.4. The number of para-hydroxylation sites is 2. The minimum absolute atomic E-state index is 0.0878. The Balaban J connectivity index is 2.01. The van der Waals surface area contributed by atoms with Gasteiger partial charge in [-0.3, -0.25) is 4.79 Å². The molecule has 0 unspecified atom stereocenters. The maximum Gasteiger partial charge on any atom is 0.265 e. The fraction of sp³-hybridized carbons (Fsp3) is 0.381. The van der Waals surface area contributed by atoms with Crippen molar-refractivity contribution >= 4 is 11.6 Å². The molecule has 0 saturated carbocycles. The molecule has 1 N–H and O–H groups in total. The lowest BCUT2D eigenvalue weighted by molar-refractivity contribution is -0.122. The Morgan fingerprint density at radius 2 is 1.72 bits per heavy atom. The molecule has 0 bridgehead atoms. The van der Waals surface area contributed by atoms with Gasteiger partial charge in [-0.25, -0.2) is 0 Å². The first-order valence-electron chi connectivity index (χ1n) is 8.61. The third-order valence-electron chi connectivity index (χ3n) is 3.85. The normalized spacial score (nSPS) is 12.4. The van der Waals surface area contributed by atoms with Crippen LogP contribution < -0.4 is 14.8 Å². The number of hydrogen-bond acceptors (Lipinski definition) is 3. The van der Waals surface area contributed by atoms with Crippen LogP contribution in [-0.2, 0) is 10.2 Å². The summed E-state index contributed by atoms with van der Waals surface area (Å²) in [7, 11) is 0. The molecule has 2 rings (SSSR count). The van der Waals surface area contributed by atoms with Crippen molar-refractivity contribution in [2.24, 2.45) is 0 Å². The molecule has 25 heavy (non-hydrogen) atoms. The van der Waals surface area contributed by atoms with Gasteiger partial charge in [0.15, 0.2) is 6.10 Å². The number of hydrogen-bond donors (Lipinski definition) is 1. The average Bonchev–Trinajstić information content (AvgIpc) is 2.56. The zero-order valence-electron chi connectivity index (χ0n) is 15.6. The molecule has 0 heterocycles. The summed E-state index contributed by atoms with van der Waals surface area (Å²) in [6.45, 7) is 10.7. The molecular weight excluding hydrogens is 314 g/mol. The summed E-state index contributed by atoms with van der Waals surface area (Å²) >= 11 is 0. The summed E-state index contributed by atoms with van der Waals surface area (Å²) < 4.78 is 11.3. The predicted octanol–water partition coefficient (Wildman–Crippen LogP) is 4.79.